The Bertz CT molecular complexity index is 50.5. The minimum atomic E-state index is -0.968. The average Bonchev–Trinajstić information content (AvgIpc) is 1.38. The van der Waals surface area contributed by atoms with E-state index in [0.717, 1.165) is 0 Å². The zero-order valence-corrected chi connectivity index (χ0v) is 7.14. The van der Waals surface area contributed by atoms with E-state index in [9.17, 15) is 4.79 Å². The van der Waals surface area contributed by atoms with E-state index in [-0.39, 0.29) is 47.0 Å². The molecule has 0 fully saturated rings. The van der Waals surface area contributed by atoms with Gasteiger partial charge in [0.05, 0.1) is 6.54 Å². The molecule has 54 valence electrons. The number of carboxylic acid groups (broad SMARTS) is 1. The highest BCUT2D eigenvalue weighted by Gasteiger charge is 1.81. The summed E-state index contributed by atoms with van der Waals surface area (Å²) in [7, 11) is 0. The van der Waals surface area contributed by atoms with Crippen molar-refractivity contribution in [3.63, 3.8) is 0 Å². The molecule has 0 aromatic rings. The summed E-state index contributed by atoms with van der Waals surface area (Å²) in [6, 6.07) is 0. The molecular formula is C2H11NO2S3. The Hall–Kier alpha value is 0.480. The van der Waals surface area contributed by atoms with Gasteiger partial charge in [0, 0.05) is 0 Å². The number of carbonyl (C=O) groups is 1. The lowest BCUT2D eigenvalue weighted by atomic mass is 10.7. The van der Waals surface area contributed by atoms with Crippen molar-refractivity contribution in [2.45, 2.75) is 0 Å². The van der Waals surface area contributed by atoms with E-state index in [1.54, 1.807) is 0 Å². The van der Waals surface area contributed by atoms with Gasteiger partial charge in [-0.1, -0.05) is 0 Å². The molecule has 0 amide bonds. The molecule has 0 aliphatic heterocycles. The molecule has 0 unspecified atom stereocenters. The minimum absolute atomic E-state index is 0. The molecule has 0 aromatic heterocycles. The SMILES string of the molecule is NCC(=O)O.S.S.S. The Balaban J connectivity index is -0.0000000267. The molecular weight excluding hydrogens is 166 g/mol. The van der Waals surface area contributed by atoms with Crippen LogP contribution in [0.25, 0.3) is 0 Å². The van der Waals surface area contributed by atoms with E-state index >= 15 is 0 Å². The minimum Gasteiger partial charge on any atom is -0.480 e. The fourth-order valence-electron chi connectivity index (χ4n) is 0. The standard InChI is InChI=1S/C2H5NO2.3H2S/c3-1-2(4)5;;;/h1,3H2,(H,4,5);3*1H2. The predicted molar refractivity (Wildman–Crippen MR) is 47.8 cm³/mol. The van der Waals surface area contributed by atoms with Crippen LogP contribution in [0.15, 0.2) is 0 Å². The zero-order chi connectivity index (χ0) is 4.28. The first-order valence-corrected chi connectivity index (χ1v) is 1.19. The van der Waals surface area contributed by atoms with Gasteiger partial charge in [-0.05, 0) is 0 Å². The number of hydrogen-bond acceptors (Lipinski definition) is 2. The summed E-state index contributed by atoms with van der Waals surface area (Å²) in [6.45, 7) is -0.278. The molecule has 3 N–H and O–H groups in total. The number of hydrogen-bond donors (Lipinski definition) is 2. The largest absolute Gasteiger partial charge is 0.480 e. The van der Waals surface area contributed by atoms with Crippen LogP contribution in [0.5, 0.6) is 0 Å². The monoisotopic (exact) mass is 177 g/mol. The highest BCUT2D eigenvalue weighted by Crippen LogP contribution is 1.43. The molecule has 0 heterocycles. The molecule has 0 bridgehead atoms. The van der Waals surface area contributed by atoms with Crippen LogP contribution in [0.3, 0.4) is 0 Å². The first-order chi connectivity index (χ1) is 2.27. The van der Waals surface area contributed by atoms with E-state index in [4.69, 9.17) is 5.11 Å². The van der Waals surface area contributed by atoms with Crippen molar-refractivity contribution in [1.29, 1.82) is 0 Å². The second kappa shape index (κ2) is 15.6. The Morgan fingerprint density at radius 2 is 1.50 bits per heavy atom. The summed E-state index contributed by atoms with van der Waals surface area (Å²) >= 11 is 0. The van der Waals surface area contributed by atoms with Gasteiger partial charge in [0.15, 0.2) is 0 Å². The molecule has 0 saturated heterocycles. The van der Waals surface area contributed by atoms with Crippen molar-refractivity contribution in [2.75, 3.05) is 6.54 Å². The summed E-state index contributed by atoms with van der Waals surface area (Å²) < 4.78 is 0. The second-order valence-electron chi connectivity index (χ2n) is 0.598. The number of carboxylic acids is 1. The van der Waals surface area contributed by atoms with E-state index in [1.165, 1.54) is 0 Å². The van der Waals surface area contributed by atoms with E-state index in [2.05, 4.69) is 5.73 Å². The van der Waals surface area contributed by atoms with Gasteiger partial charge in [-0.15, -0.1) is 0 Å². The van der Waals surface area contributed by atoms with E-state index < -0.39 is 5.97 Å². The van der Waals surface area contributed by atoms with Crippen LogP contribution in [0.2, 0.25) is 0 Å². The number of rotatable bonds is 1. The van der Waals surface area contributed by atoms with E-state index in [1.807, 2.05) is 0 Å². The lowest BCUT2D eigenvalue weighted by Crippen LogP contribution is -2.10. The first-order valence-electron chi connectivity index (χ1n) is 1.19. The van der Waals surface area contributed by atoms with Gasteiger partial charge in [-0.3, -0.25) is 4.79 Å². The fraction of sp³-hybridized carbons (Fsp3) is 0.500. The Morgan fingerprint density at radius 1 is 1.38 bits per heavy atom. The van der Waals surface area contributed by atoms with E-state index in [0.29, 0.717) is 0 Å². The maximum Gasteiger partial charge on any atom is 0.317 e. The third-order valence-corrected chi connectivity index (χ3v) is 0.175. The Kier molecular flexibility index (Phi) is 46.2. The number of nitrogens with two attached hydrogens (primary N) is 1. The summed E-state index contributed by atoms with van der Waals surface area (Å²) in [5.74, 6) is -0.968. The smallest absolute Gasteiger partial charge is 0.317 e. The summed E-state index contributed by atoms with van der Waals surface area (Å²) in [5, 5.41) is 7.60. The van der Waals surface area contributed by atoms with Crippen molar-refractivity contribution in [1.82, 2.24) is 0 Å². The zero-order valence-electron chi connectivity index (χ0n) is 4.14. The van der Waals surface area contributed by atoms with Crippen LogP contribution in [-0.2, 0) is 4.79 Å². The first kappa shape index (κ1) is 23.6. The van der Waals surface area contributed by atoms with Crippen molar-refractivity contribution in [2.24, 2.45) is 5.73 Å². The Morgan fingerprint density at radius 3 is 1.50 bits per heavy atom. The average molecular weight is 177 g/mol. The summed E-state index contributed by atoms with van der Waals surface area (Å²) in [5.41, 5.74) is 4.57. The van der Waals surface area contributed by atoms with Crippen LogP contribution in [0, 0.1) is 0 Å². The van der Waals surface area contributed by atoms with Crippen molar-refractivity contribution in [3.8, 4) is 0 Å². The molecule has 0 aliphatic carbocycles. The molecule has 0 saturated carbocycles. The van der Waals surface area contributed by atoms with Gasteiger partial charge in [-0.2, -0.15) is 40.5 Å². The highest BCUT2D eigenvalue weighted by molar-refractivity contribution is 7.59. The quantitative estimate of drug-likeness (QED) is 0.560. The van der Waals surface area contributed by atoms with Crippen molar-refractivity contribution >= 4 is 46.5 Å². The molecule has 3 nitrogen and oxygen atoms in total. The molecule has 0 spiro atoms. The van der Waals surface area contributed by atoms with Gasteiger partial charge < -0.3 is 10.8 Å². The van der Waals surface area contributed by atoms with Crippen LogP contribution in [0.1, 0.15) is 0 Å². The molecule has 0 aromatic carbocycles. The highest BCUT2D eigenvalue weighted by atomic mass is 32.1. The number of aliphatic carboxylic acids is 1. The normalized spacial score (nSPS) is 4.62. The maximum atomic E-state index is 9.24. The van der Waals surface area contributed by atoms with Gasteiger partial charge in [-0.25, -0.2) is 0 Å². The van der Waals surface area contributed by atoms with Crippen LogP contribution in [0.4, 0.5) is 0 Å². The van der Waals surface area contributed by atoms with Gasteiger partial charge in [0.2, 0.25) is 0 Å². The topological polar surface area (TPSA) is 63.3 Å². The Labute approximate surface area is 69.0 Å². The van der Waals surface area contributed by atoms with Crippen LogP contribution < -0.4 is 5.73 Å². The maximum absolute atomic E-state index is 9.24. The third-order valence-electron chi connectivity index (χ3n) is 0.175. The molecule has 8 heavy (non-hydrogen) atoms. The summed E-state index contributed by atoms with van der Waals surface area (Å²) in [4.78, 5) is 9.24. The van der Waals surface area contributed by atoms with Gasteiger partial charge in [0.25, 0.3) is 0 Å². The van der Waals surface area contributed by atoms with Crippen molar-refractivity contribution in [3.05, 3.63) is 0 Å². The van der Waals surface area contributed by atoms with Gasteiger partial charge in [0.1, 0.15) is 0 Å². The predicted octanol–water partition coefficient (Wildman–Crippen LogP) is -0.632. The molecule has 0 rings (SSSR count). The fourth-order valence-corrected chi connectivity index (χ4v) is 0. The lowest BCUT2D eigenvalue weighted by molar-refractivity contribution is -0.135. The van der Waals surface area contributed by atoms with Gasteiger partial charge >= 0.3 is 5.97 Å². The van der Waals surface area contributed by atoms with Crippen LogP contribution >= 0.6 is 40.5 Å². The lowest BCUT2D eigenvalue weighted by Gasteiger charge is -1.73. The molecule has 6 heteroatoms. The molecule has 0 aliphatic rings. The summed E-state index contributed by atoms with van der Waals surface area (Å²) in [6.07, 6.45) is 0. The van der Waals surface area contributed by atoms with Crippen molar-refractivity contribution < 1.29 is 9.90 Å². The molecule has 0 radical (unpaired) electrons. The van der Waals surface area contributed by atoms with Crippen LogP contribution in [-0.4, -0.2) is 17.6 Å². The second-order valence-corrected chi connectivity index (χ2v) is 0.598. The third kappa shape index (κ3) is 31.6. The molecule has 0 atom stereocenters.